The average Bonchev–Trinajstić information content (AvgIpc) is 2.94. The highest BCUT2D eigenvalue weighted by molar-refractivity contribution is 6.12. The van der Waals surface area contributed by atoms with Crippen molar-refractivity contribution in [3.8, 4) is 0 Å². The van der Waals surface area contributed by atoms with Gasteiger partial charge in [0.25, 0.3) is 0 Å². The molecule has 1 saturated heterocycles. The van der Waals surface area contributed by atoms with Crippen molar-refractivity contribution < 1.29 is 9.18 Å². The van der Waals surface area contributed by atoms with Crippen molar-refractivity contribution in [3.05, 3.63) is 53.8 Å². The average molecular weight is 365 g/mol. The van der Waals surface area contributed by atoms with Gasteiger partial charge in [-0.3, -0.25) is 9.79 Å². The Morgan fingerprint density at radius 2 is 1.81 bits per heavy atom. The van der Waals surface area contributed by atoms with Gasteiger partial charge in [-0.2, -0.15) is 0 Å². The summed E-state index contributed by atoms with van der Waals surface area (Å²) in [6.45, 7) is 6.76. The molecule has 1 fully saturated rings. The van der Waals surface area contributed by atoms with E-state index in [0.717, 1.165) is 18.8 Å². The number of carbonyl (C=O) groups is 1. The highest BCUT2D eigenvalue weighted by atomic mass is 19.1. The van der Waals surface area contributed by atoms with Crippen LogP contribution < -0.4 is 10.2 Å². The van der Waals surface area contributed by atoms with Crippen LogP contribution in [0, 0.1) is 17.7 Å². The van der Waals surface area contributed by atoms with E-state index in [1.165, 1.54) is 24.2 Å². The van der Waals surface area contributed by atoms with Crippen molar-refractivity contribution in [2.45, 2.75) is 26.2 Å². The molecule has 2 heterocycles. The molecule has 27 heavy (non-hydrogen) atoms. The van der Waals surface area contributed by atoms with Crippen LogP contribution in [0.15, 0.2) is 47.5 Å². The molecule has 0 radical (unpaired) electrons. The number of aliphatic imine (C=N–C) groups is 1. The highest BCUT2D eigenvalue weighted by Crippen LogP contribution is 2.33. The van der Waals surface area contributed by atoms with Crippen molar-refractivity contribution in [3.63, 3.8) is 0 Å². The fraction of sp³-hybridized carbons (Fsp3) is 0.364. The first-order chi connectivity index (χ1) is 13.0. The van der Waals surface area contributed by atoms with Gasteiger partial charge in [0.15, 0.2) is 0 Å². The van der Waals surface area contributed by atoms with Crippen molar-refractivity contribution in [2.75, 3.05) is 23.3 Å². The van der Waals surface area contributed by atoms with Crippen LogP contribution in [-0.2, 0) is 4.79 Å². The molecule has 1 N–H and O–H groups in total. The maximum atomic E-state index is 13.5. The summed E-state index contributed by atoms with van der Waals surface area (Å²) in [5, 5.41) is 2.77. The molecule has 0 spiro atoms. The Hall–Kier alpha value is -2.69. The number of carbonyl (C=O) groups excluding carboxylic acids is 1. The van der Waals surface area contributed by atoms with Gasteiger partial charge in [0, 0.05) is 30.7 Å². The van der Waals surface area contributed by atoms with Crippen LogP contribution in [0.25, 0.3) is 0 Å². The van der Waals surface area contributed by atoms with Crippen LogP contribution in [0.3, 0.4) is 0 Å². The fourth-order valence-electron chi connectivity index (χ4n) is 4.19. The standard InChI is InChI=1S/C22H24FN3O/c1-14-9-15(2)13-26(12-14)18-6-4-17(5-7-18)24-11-20-19-10-16(23)3-8-21(19)25-22(20)27/h3-8,10-11,14-15,20H,9,12-13H2,1-2H3,(H,25,27). The molecule has 2 aliphatic heterocycles. The van der Waals surface area contributed by atoms with Gasteiger partial charge >= 0.3 is 0 Å². The smallest absolute Gasteiger partial charge is 0.237 e. The highest BCUT2D eigenvalue weighted by Gasteiger charge is 2.29. The second kappa shape index (κ2) is 7.14. The van der Waals surface area contributed by atoms with Gasteiger partial charge in [0.05, 0.1) is 5.69 Å². The number of hydrogen-bond donors (Lipinski definition) is 1. The molecular formula is C22H24FN3O. The van der Waals surface area contributed by atoms with E-state index >= 15 is 0 Å². The van der Waals surface area contributed by atoms with Gasteiger partial charge in [-0.05, 0) is 66.3 Å². The number of nitrogens with one attached hydrogen (secondary N) is 1. The van der Waals surface area contributed by atoms with Crippen LogP contribution in [0.4, 0.5) is 21.5 Å². The lowest BCUT2D eigenvalue weighted by atomic mass is 9.91. The third-order valence-electron chi connectivity index (χ3n) is 5.35. The lowest BCUT2D eigenvalue weighted by Crippen LogP contribution is -2.38. The number of benzene rings is 2. The molecule has 3 unspecified atom stereocenters. The van der Waals surface area contributed by atoms with Crippen molar-refractivity contribution >= 4 is 29.2 Å². The molecule has 4 nitrogen and oxygen atoms in total. The summed E-state index contributed by atoms with van der Waals surface area (Å²) in [5.41, 5.74) is 3.28. The summed E-state index contributed by atoms with van der Waals surface area (Å²) in [6, 6.07) is 12.4. The number of nitrogens with zero attached hydrogens (tertiary/aromatic N) is 2. The Kier molecular flexibility index (Phi) is 4.68. The third kappa shape index (κ3) is 3.72. The first-order valence-corrected chi connectivity index (χ1v) is 9.49. The maximum absolute atomic E-state index is 13.5. The normalized spacial score (nSPS) is 24.9. The Morgan fingerprint density at radius 1 is 1.11 bits per heavy atom. The van der Waals surface area contributed by atoms with Crippen LogP contribution in [-0.4, -0.2) is 25.2 Å². The minimum absolute atomic E-state index is 0.174. The van der Waals surface area contributed by atoms with Crippen molar-refractivity contribution in [1.82, 2.24) is 0 Å². The number of rotatable bonds is 3. The number of fused-ring (bicyclic) bond motifs is 1. The number of hydrogen-bond acceptors (Lipinski definition) is 3. The van der Waals surface area contributed by atoms with Crippen LogP contribution in [0.5, 0.6) is 0 Å². The summed E-state index contributed by atoms with van der Waals surface area (Å²) >= 11 is 0. The topological polar surface area (TPSA) is 44.7 Å². The molecule has 0 aromatic heterocycles. The SMILES string of the molecule is CC1CC(C)CN(c2ccc(N=CC3C(=O)Nc4ccc(F)cc43)cc2)C1. The molecule has 140 valence electrons. The van der Waals surface area contributed by atoms with Gasteiger partial charge in [0.2, 0.25) is 5.91 Å². The summed E-state index contributed by atoms with van der Waals surface area (Å²) in [7, 11) is 0. The first-order valence-electron chi connectivity index (χ1n) is 9.49. The molecule has 0 saturated carbocycles. The van der Waals surface area contributed by atoms with E-state index in [4.69, 9.17) is 0 Å². The van der Waals surface area contributed by atoms with Gasteiger partial charge in [-0.15, -0.1) is 0 Å². The molecule has 5 heteroatoms. The predicted octanol–water partition coefficient (Wildman–Crippen LogP) is 4.75. The van der Waals surface area contributed by atoms with Crippen LogP contribution >= 0.6 is 0 Å². The molecule has 0 aliphatic carbocycles. The molecule has 2 aromatic rings. The monoisotopic (exact) mass is 365 g/mol. The second-order valence-electron chi connectivity index (χ2n) is 7.84. The molecule has 2 aliphatic rings. The van der Waals surface area contributed by atoms with E-state index in [-0.39, 0.29) is 11.7 Å². The number of halogens is 1. The largest absolute Gasteiger partial charge is 0.371 e. The zero-order valence-electron chi connectivity index (χ0n) is 15.7. The zero-order valence-corrected chi connectivity index (χ0v) is 15.7. The van der Waals surface area contributed by atoms with Crippen molar-refractivity contribution in [1.29, 1.82) is 0 Å². The first kappa shape index (κ1) is 17.7. The second-order valence-corrected chi connectivity index (χ2v) is 7.84. The lowest BCUT2D eigenvalue weighted by Gasteiger charge is -2.36. The number of piperidine rings is 1. The van der Waals surface area contributed by atoms with Crippen LogP contribution in [0.1, 0.15) is 31.7 Å². The van der Waals surface area contributed by atoms with E-state index in [0.29, 0.717) is 23.1 Å². The summed E-state index contributed by atoms with van der Waals surface area (Å²) in [4.78, 5) is 19.0. The molecule has 0 bridgehead atoms. The number of anilines is 2. The zero-order chi connectivity index (χ0) is 19.0. The third-order valence-corrected chi connectivity index (χ3v) is 5.35. The maximum Gasteiger partial charge on any atom is 0.237 e. The number of amides is 1. The minimum atomic E-state index is -0.556. The Balaban J connectivity index is 1.49. The quantitative estimate of drug-likeness (QED) is 0.798. The Morgan fingerprint density at radius 3 is 2.52 bits per heavy atom. The van der Waals surface area contributed by atoms with E-state index in [2.05, 4.69) is 41.2 Å². The molecule has 1 amide bonds. The van der Waals surface area contributed by atoms with Crippen LogP contribution in [0.2, 0.25) is 0 Å². The van der Waals surface area contributed by atoms with E-state index in [1.807, 2.05) is 12.1 Å². The van der Waals surface area contributed by atoms with Gasteiger partial charge < -0.3 is 10.2 Å². The predicted molar refractivity (Wildman–Crippen MR) is 108 cm³/mol. The van der Waals surface area contributed by atoms with Gasteiger partial charge in [0.1, 0.15) is 11.7 Å². The Labute approximate surface area is 159 Å². The van der Waals surface area contributed by atoms with Crippen molar-refractivity contribution in [2.24, 2.45) is 16.8 Å². The van der Waals surface area contributed by atoms with Gasteiger partial charge in [-0.1, -0.05) is 13.8 Å². The Bertz CT molecular complexity index is 868. The summed E-state index contributed by atoms with van der Waals surface area (Å²) in [5.74, 6) is 0.324. The lowest BCUT2D eigenvalue weighted by molar-refractivity contribution is -0.115. The van der Waals surface area contributed by atoms with E-state index < -0.39 is 5.92 Å². The van der Waals surface area contributed by atoms with E-state index in [1.54, 1.807) is 12.3 Å². The minimum Gasteiger partial charge on any atom is -0.371 e. The van der Waals surface area contributed by atoms with Gasteiger partial charge in [-0.25, -0.2) is 4.39 Å². The summed E-state index contributed by atoms with van der Waals surface area (Å²) in [6.07, 6.45) is 2.88. The summed E-state index contributed by atoms with van der Waals surface area (Å²) < 4.78 is 13.5. The van der Waals surface area contributed by atoms with E-state index in [9.17, 15) is 9.18 Å². The molecule has 2 aromatic carbocycles. The molecule has 3 atom stereocenters. The molecular weight excluding hydrogens is 341 g/mol. The molecule has 4 rings (SSSR count). The fourth-order valence-corrected chi connectivity index (χ4v) is 4.19.